The van der Waals surface area contributed by atoms with E-state index in [4.69, 9.17) is 37.5 Å². The van der Waals surface area contributed by atoms with Gasteiger partial charge in [0.1, 0.15) is 47.4 Å². The van der Waals surface area contributed by atoms with Crippen molar-refractivity contribution in [2.24, 2.45) is 0 Å². The Morgan fingerprint density at radius 3 is 1.68 bits per heavy atom. The van der Waals surface area contributed by atoms with Crippen LogP contribution in [-0.2, 0) is 15.1 Å². The van der Waals surface area contributed by atoms with Crippen molar-refractivity contribution in [3.8, 4) is 23.0 Å². The number of fused-ring (bicyclic) bond motifs is 2. The number of urea groups is 2. The number of methoxy groups -OCH3 is 4. The summed E-state index contributed by atoms with van der Waals surface area (Å²) in [5.41, 5.74) is -0.198. The highest BCUT2D eigenvalue weighted by Crippen LogP contribution is 2.41. The van der Waals surface area contributed by atoms with Crippen LogP contribution in [0.3, 0.4) is 0 Å². The van der Waals surface area contributed by atoms with Crippen molar-refractivity contribution < 1.29 is 51.4 Å². The fourth-order valence-electron chi connectivity index (χ4n) is 8.12. The molecule has 1 aliphatic carbocycles. The second-order valence-electron chi connectivity index (χ2n) is 17.4. The number of benzene rings is 4. The summed E-state index contributed by atoms with van der Waals surface area (Å²) in [4.78, 5) is 49.5. The number of carbonyl (C=O) groups is 2. The van der Waals surface area contributed by atoms with Gasteiger partial charge in [0.15, 0.2) is 28.7 Å². The van der Waals surface area contributed by atoms with Crippen LogP contribution >= 0.6 is 23.5 Å². The summed E-state index contributed by atoms with van der Waals surface area (Å²) in [7, 11) is 6.29. The Balaban J connectivity index is 1.03. The number of halogens is 1. The predicted octanol–water partition coefficient (Wildman–Crippen LogP) is 11.5. The van der Waals surface area contributed by atoms with Gasteiger partial charge in [-0.2, -0.15) is 10.0 Å². The summed E-state index contributed by atoms with van der Waals surface area (Å²) in [6, 6.07) is 22.4. The van der Waals surface area contributed by atoms with Crippen molar-refractivity contribution >= 4 is 80.5 Å². The molecule has 75 heavy (non-hydrogen) atoms. The number of hydrogen-bond donors (Lipinski definition) is 2. The molecule has 1 saturated carbocycles. The summed E-state index contributed by atoms with van der Waals surface area (Å²) < 4.78 is 60.4. The first kappa shape index (κ1) is 52.1. The lowest BCUT2D eigenvalue weighted by Gasteiger charge is -2.30. The van der Waals surface area contributed by atoms with Crippen molar-refractivity contribution in [1.29, 1.82) is 0 Å². The van der Waals surface area contributed by atoms with E-state index >= 15 is 9.18 Å². The summed E-state index contributed by atoms with van der Waals surface area (Å²) in [5.74, 6) is 2.23. The van der Waals surface area contributed by atoms with Crippen LogP contribution in [0.2, 0.25) is 0 Å². The summed E-state index contributed by atoms with van der Waals surface area (Å²) in [5, 5.41) is 18.6. The third-order valence-electron chi connectivity index (χ3n) is 11.8. The molecule has 20 nitrogen and oxygen atoms in total. The van der Waals surface area contributed by atoms with Crippen LogP contribution in [0.5, 0.6) is 23.0 Å². The molecule has 0 unspecified atom stereocenters. The van der Waals surface area contributed by atoms with Crippen LogP contribution in [0.15, 0.2) is 126 Å². The number of alkyl halides is 1. The van der Waals surface area contributed by atoms with E-state index in [1.165, 1.54) is 56.1 Å². The number of hydrogen-bond acceptors (Lipinski definition) is 18. The molecule has 0 radical (unpaired) electrons. The molecule has 0 aliphatic heterocycles. The zero-order chi connectivity index (χ0) is 52.5. The second-order valence-corrected chi connectivity index (χ2v) is 19.5. The van der Waals surface area contributed by atoms with Crippen LogP contribution in [0.25, 0.3) is 21.8 Å². The first-order valence-electron chi connectivity index (χ1n) is 23.7. The van der Waals surface area contributed by atoms with Gasteiger partial charge in [0.2, 0.25) is 5.82 Å². The highest BCUT2D eigenvalue weighted by atomic mass is 32.2. The van der Waals surface area contributed by atoms with E-state index in [2.05, 4.69) is 40.9 Å². The Morgan fingerprint density at radius 1 is 0.653 bits per heavy atom. The Hall–Kier alpha value is -7.73. The lowest BCUT2D eigenvalue weighted by molar-refractivity contribution is 0.144. The smallest absolute Gasteiger partial charge is 0.348 e. The summed E-state index contributed by atoms with van der Waals surface area (Å²) >= 11 is 2.66. The summed E-state index contributed by atoms with van der Waals surface area (Å²) in [6.45, 7) is 4.02. The molecule has 2 N–H and O–H groups in total. The third-order valence-corrected chi connectivity index (χ3v) is 13.9. The van der Waals surface area contributed by atoms with Crippen molar-refractivity contribution in [3.63, 3.8) is 0 Å². The van der Waals surface area contributed by atoms with Gasteiger partial charge in [-0.1, -0.05) is 58.8 Å². The number of ether oxygens (including phenoxy) is 6. The van der Waals surface area contributed by atoms with E-state index in [1.807, 2.05) is 18.2 Å². The Bertz CT molecular complexity index is 3300. The lowest BCUT2D eigenvalue weighted by atomic mass is 10.1. The number of anilines is 4. The topological polar surface area (TPSA) is 224 Å². The summed E-state index contributed by atoms with van der Waals surface area (Å²) in [6.07, 6.45) is 6.64. The van der Waals surface area contributed by atoms with Crippen LogP contribution in [0.4, 0.5) is 37.1 Å². The standard InChI is InChI=1S/C52H53FN10O10S2/c1-52(2,53)45-28-47(73-60-45)63(51(65)59-33-14-10-16-35(22-33)75-49-37-24-42(69-6)44(71-20-18-67-4)26-39(37)55-30-57-49)62(46-27-40(72-61-46)31-11-7-8-12-31)50(64)58-32-13-9-15-34(21-32)74-48-36-23-41(68-5)43(70-19-17-66-3)25-38(36)54-29-56-48/h9-10,13-16,21-31H,7-8,11-12,17-20H2,1-6H3,(H,58,64)(H,59,65). The van der Waals surface area contributed by atoms with Crippen LogP contribution in [0, 0.1) is 0 Å². The minimum atomic E-state index is -1.99. The molecule has 8 aromatic rings. The molecular formula is C52H53FN10O10S2. The molecule has 1 aliphatic rings. The number of rotatable bonds is 20. The molecule has 390 valence electrons. The molecule has 23 heteroatoms. The number of amides is 4. The SMILES string of the molecule is COCCOc1cc2ncnc(Sc3cccc(NC(=O)N(c4cc(C5CCCC5)on4)N(C(=O)Nc4cccc(Sc5ncnc6cc(OCCOC)c(OC)cc56)c4)c4cc(C(C)(C)F)no4)c3)c2cc1OC. The van der Waals surface area contributed by atoms with Crippen LogP contribution < -0.4 is 39.6 Å². The Labute approximate surface area is 438 Å². The van der Waals surface area contributed by atoms with E-state index in [1.54, 1.807) is 89.1 Å². The predicted molar refractivity (Wildman–Crippen MR) is 279 cm³/mol. The number of hydrazine groups is 1. The first-order valence-corrected chi connectivity index (χ1v) is 25.4. The van der Waals surface area contributed by atoms with Crippen molar-refractivity contribution in [2.75, 3.05) is 75.5 Å². The zero-order valence-electron chi connectivity index (χ0n) is 41.8. The number of carbonyl (C=O) groups excluding carboxylic acids is 2. The van der Waals surface area contributed by atoms with Gasteiger partial charge in [0.25, 0.3) is 5.88 Å². The van der Waals surface area contributed by atoms with Gasteiger partial charge < -0.3 is 48.1 Å². The van der Waals surface area contributed by atoms with Crippen molar-refractivity contribution in [3.05, 3.63) is 109 Å². The number of nitrogens with one attached hydrogen (secondary N) is 2. The van der Waals surface area contributed by atoms with Gasteiger partial charge in [-0.05, 0) is 75.2 Å². The largest absolute Gasteiger partial charge is 0.493 e. The highest BCUT2D eigenvalue weighted by molar-refractivity contribution is 7.99. The van der Waals surface area contributed by atoms with Gasteiger partial charge in [-0.3, -0.25) is 0 Å². The normalized spacial score (nSPS) is 12.7. The van der Waals surface area contributed by atoms with E-state index in [0.29, 0.717) is 108 Å². The van der Waals surface area contributed by atoms with E-state index in [0.717, 1.165) is 35.7 Å². The average molecular weight is 1060 g/mol. The maximum Gasteiger partial charge on any atom is 0.348 e. The molecule has 0 saturated heterocycles. The van der Waals surface area contributed by atoms with Gasteiger partial charge in [-0.15, -0.1) is 0 Å². The van der Waals surface area contributed by atoms with Gasteiger partial charge in [0, 0.05) is 76.3 Å². The fraction of sp³-hybridized carbons (Fsp3) is 0.308. The average Bonchev–Trinajstić information content (AvgIpc) is 4.22. The molecular weight excluding hydrogens is 1010 g/mol. The first-order chi connectivity index (χ1) is 36.4. The maximum absolute atomic E-state index is 15.5. The zero-order valence-corrected chi connectivity index (χ0v) is 43.5. The fourth-order valence-corrected chi connectivity index (χ4v) is 9.98. The van der Waals surface area contributed by atoms with Crippen molar-refractivity contribution in [2.45, 2.75) is 71.0 Å². The molecule has 4 amide bonds. The molecule has 9 rings (SSSR count). The molecule has 0 spiro atoms. The molecule has 0 atom stereocenters. The third kappa shape index (κ3) is 12.3. The number of nitrogens with zero attached hydrogens (tertiary/aromatic N) is 8. The molecule has 0 bridgehead atoms. The minimum Gasteiger partial charge on any atom is -0.493 e. The molecule has 4 aromatic carbocycles. The van der Waals surface area contributed by atoms with E-state index in [-0.39, 0.29) is 23.3 Å². The van der Waals surface area contributed by atoms with E-state index in [9.17, 15) is 4.79 Å². The molecule has 4 heterocycles. The molecule has 4 aromatic heterocycles. The quantitative estimate of drug-likeness (QED) is 0.0411. The monoisotopic (exact) mass is 1060 g/mol. The minimum absolute atomic E-state index is 0.0496. The lowest BCUT2D eigenvalue weighted by Crippen LogP contribution is -2.54. The van der Waals surface area contributed by atoms with Gasteiger partial charge in [0.05, 0.1) is 38.5 Å². The van der Waals surface area contributed by atoms with Gasteiger partial charge in [-0.25, -0.2) is 33.9 Å². The number of aromatic nitrogens is 6. The van der Waals surface area contributed by atoms with Crippen LogP contribution in [-0.4, -0.2) is 97.2 Å². The maximum atomic E-state index is 15.5. The highest BCUT2D eigenvalue weighted by Gasteiger charge is 2.37. The Morgan fingerprint density at radius 2 is 1.19 bits per heavy atom. The van der Waals surface area contributed by atoms with E-state index < -0.39 is 17.7 Å². The Kier molecular flexibility index (Phi) is 16.4. The molecule has 1 fully saturated rings. The van der Waals surface area contributed by atoms with Crippen molar-refractivity contribution in [1.82, 2.24) is 30.2 Å². The van der Waals surface area contributed by atoms with Gasteiger partial charge >= 0.3 is 12.1 Å². The second kappa shape index (κ2) is 23.6. The van der Waals surface area contributed by atoms with Crippen LogP contribution in [0.1, 0.15) is 56.9 Å².